The molecule has 0 aliphatic carbocycles. The summed E-state index contributed by atoms with van der Waals surface area (Å²) in [6, 6.07) is 2.98. The zero-order chi connectivity index (χ0) is 13.4. The van der Waals surface area contributed by atoms with Crippen molar-refractivity contribution in [2.75, 3.05) is 0 Å². The minimum Gasteiger partial charge on any atom is -0.507 e. The second-order valence-corrected chi connectivity index (χ2v) is 5.65. The number of phenolic OH excluding ortho intramolecular Hbond substituents is 1. The normalized spacial score (nSPS) is 11.3. The van der Waals surface area contributed by atoms with Crippen LogP contribution in [0, 0.1) is 0 Å². The van der Waals surface area contributed by atoms with Crippen LogP contribution >= 0.6 is 15.9 Å². The standard InChI is InChI=1S/C12H13BrO4/c1-12(2,3)8-5-6(13)4-7(9(8)14)10(15)11(16)17/h4-5,14H,1-3H3,(H,16,17). The molecule has 4 nitrogen and oxygen atoms in total. The molecule has 0 aromatic heterocycles. The molecule has 1 aromatic carbocycles. The highest BCUT2D eigenvalue weighted by Gasteiger charge is 2.26. The zero-order valence-electron chi connectivity index (χ0n) is 9.74. The van der Waals surface area contributed by atoms with Gasteiger partial charge >= 0.3 is 5.97 Å². The number of aliphatic carboxylic acids is 1. The van der Waals surface area contributed by atoms with Crippen molar-refractivity contribution in [3.8, 4) is 5.75 Å². The van der Waals surface area contributed by atoms with Crippen LogP contribution in [0.5, 0.6) is 5.75 Å². The predicted molar refractivity (Wildman–Crippen MR) is 66.5 cm³/mol. The predicted octanol–water partition coefficient (Wildman–Crippen LogP) is 2.72. The van der Waals surface area contributed by atoms with Crippen molar-refractivity contribution >= 4 is 27.7 Å². The average molecular weight is 301 g/mol. The van der Waals surface area contributed by atoms with Gasteiger partial charge in [0.15, 0.2) is 0 Å². The largest absolute Gasteiger partial charge is 0.507 e. The second kappa shape index (κ2) is 4.49. The third-order valence-electron chi connectivity index (χ3n) is 2.32. The molecule has 0 radical (unpaired) electrons. The minimum atomic E-state index is -1.58. The highest BCUT2D eigenvalue weighted by molar-refractivity contribution is 9.10. The van der Waals surface area contributed by atoms with Crippen LogP contribution < -0.4 is 0 Å². The van der Waals surface area contributed by atoms with Crippen molar-refractivity contribution in [3.05, 3.63) is 27.7 Å². The van der Waals surface area contributed by atoms with Crippen LogP contribution in [0.1, 0.15) is 36.7 Å². The van der Waals surface area contributed by atoms with Gasteiger partial charge < -0.3 is 10.2 Å². The molecule has 0 saturated heterocycles. The molecule has 1 aromatic rings. The molecule has 0 fully saturated rings. The van der Waals surface area contributed by atoms with Crippen LogP contribution in [0.25, 0.3) is 0 Å². The number of carbonyl (C=O) groups excluding carboxylic acids is 1. The number of aromatic hydroxyl groups is 1. The van der Waals surface area contributed by atoms with Gasteiger partial charge in [0.05, 0.1) is 5.56 Å². The quantitative estimate of drug-likeness (QED) is 0.650. The molecule has 5 heteroatoms. The molecule has 0 heterocycles. The van der Waals surface area contributed by atoms with Gasteiger partial charge in [-0.05, 0) is 17.5 Å². The number of hydrogen-bond acceptors (Lipinski definition) is 3. The van der Waals surface area contributed by atoms with Gasteiger partial charge in [0.1, 0.15) is 5.75 Å². The highest BCUT2D eigenvalue weighted by Crippen LogP contribution is 2.36. The molecule has 0 amide bonds. The van der Waals surface area contributed by atoms with E-state index >= 15 is 0 Å². The van der Waals surface area contributed by atoms with Crippen LogP contribution in [-0.2, 0) is 10.2 Å². The van der Waals surface area contributed by atoms with Gasteiger partial charge in [0, 0.05) is 10.0 Å². The third-order valence-corrected chi connectivity index (χ3v) is 2.78. The summed E-state index contributed by atoms with van der Waals surface area (Å²) in [6.45, 7) is 5.59. The Balaban J connectivity index is 3.50. The van der Waals surface area contributed by atoms with Gasteiger partial charge in [-0.25, -0.2) is 4.79 Å². The molecule has 2 N–H and O–H groups in total. The first-order chi connectivity index (χ1) is 7.64. The summed E-state index contributed by atoms with van der Waals surface area (Å²) in [5, 5.41) is 18.6. The molecular formula is C12H13BrO4. The number of hydrogen-bond donors (Lipinski definition) is 2. The van der Waals surface area contributed by atoms with E-state index in [-0.39, 0.29) is 16.7 Å². The number of Topliss-reactive ketones (excluding diaryl/α,β-unsaturated/α-hetero) is 1. The topological polar surface area (TPSA) is 74.6 Å². The Morgan fingerprint density at radius 1 is 1.24 bits per heavy atom. The third kappa shape index (κ3) is 2.85. The Morgan fingerprint density at radius 3 is 2.18 bits per heavy atom. The number of carbonyl (C=O) groups is 2. The molecule has 0 unspecified atom stereocenters. The van der Waals surface area contributed by atoms with E-state index in [9.17, 15) is 14.7 Å². The van der Waals surface area contributed by atoms with Crippen molar-refractivity contribution in [2.24, 2.45) is 0 Å². The van der Waals surface area contributed by atoms with E-state index in [4.69, 9.17) is 5.11 Å². The van der Waals surface area contributed by atoms with E-state index in [0.717, 1.165) is 0 Å². The van der Waals surface area contributed by atoms with Crippen LogP contribution in [0.2, 0.25) is 0 Å². The van der Waals surface area contributed by atoms with E-state index in [1.54, 1.807) is 6.07 Å². The molecule has 92 valence electrons. The number of ketones is 1. The van der Waals surface area contributed by atoms with Crippen LogP contribution in [0.3, 0.4) is 0 Å². The Morgan fingerprint density at radius 2 is 1.76 bits per heavy atom. The van der Waals surface area contributed by atoms with Crippen LogP contribution in [-0.4, -0.2) is 22.0 Å². The monoisotopic (exact) mass is 300 g/mol. The molecule has 0 saturated carbocycles. The van der Waals surface area contributed by atoms with Crippen molar-refractivity contribution in [2.45, 2.75) is 26.2 Å². The first-order valence-corrected chi connectivity index (χ1v) is 5.74. The van der Waals surface area contributed by atoms with Gasteiger partial charge in [-0.2, -0.15) is 0 Å². The number of phenols is 1. The van der Waals surface area contributed by atoms with Gasteiger partial charge in [-0.15, -0.1) is 0 Å². The highest BCUT2D eigenvalue weighted by atomic mass is 79.9. The molecule has 0 atom stereocenters. The molecule has 0 aliphatic rings. The van der Waals surface area contributed by atoms with Crippen LogP contribution in [0.4, 0.5) is 0 Å². The summed E-state index contributed by atoms with van der Waals surface area (Å²) in [4.78, 5) is 22.1. The summed E-state index contributed by atoms with van der Waals surface area (Å²) in [5.41, 5.74) is -0.0604. The van der Waals surface area contributed by atoms with Gasteiger partial charge in [-0.3, -0.25) is 4.79 Å². The van der Waals surface area contributed by atoms with Gasteiger partial charge in [0.25, 0.3) is 5.78 Å². The number of rotatable bonds is 2. The first-order valence-electron chi connectivity index (χ1n) is 4.95. The maximum Gasteiger partial charge on any atom is 0.377 e. The van der Waals surface area contributed by atoms with Crippen molar-refractivity contribution in [3.63, 3.8) is 0 Å². The maximum atomic E-state index is 11.4. The Labute approximate surface area is 107 Å². The van der Waals surface area contributed by atoms with E-state index in [1.165, 1.54) is 6.07 Å². The fourth-order valence-corrected chi connectivity index (χ4v) is 1.92. The number of carboxylic acids is 1. The number of carboxylic acid groups (broad SMARTS) is 1. The summed E-state index contributed by atoms with van der Waals surface area (Å²) < 4.78 is 0.560. The molecule has 17 heavy (non-hydrogen) atoms. The van der Waals surface area contributed by atoms with Crippen molar-refractivity contribution < 1.29 is 19.8 Å². The minimum absolute atomic E-state index is 0.197. The lowest BCUT2D eigenvalue weighted by Crippen LogP contribution is -2.17. The summed E-state index contributed by atoms with van der Waals surface area (Å²) >= 11 is 3.20. The summed E-state index contributed by atoms with van der Waals surface area (Å²) in [5.74, 6) is -2.97. The molecule has 0 aliphatic heterocycles. The Kier molecular flexibility index (Phi) is 3.62. The first kappa shape index (κ1) is 13.7. The number of benzene rings is 1. The average Bonchev–Trinajstić information content (AvgIpc) is 2.18. The Hall–Kier alpha value is -1.36. The molecule has 0 spiro atoms. The van der Waals surface area contributed by atoms with Gasteiger partial charge in [-0.1, -0.05) is 36.7 Å². The lowest BCUT2D eigenvalue weighted by molar-refractivity contribution is -0.131. The van der Waals surface area contributed by atoms with Crippen molar-refractivity contribution in [1.82, 2.24) is 0 Å². The maximum absolute atomic E-state index is 11.4. The van der Waals surface area contributed by atoms with E-state index in [2.05, 4.69) is 15.9 Å². The smallest absolute Gasteiger partial charge is 0.377 e. The van der Waals surface area contributed by atoms with E-state index in [0.29, 0.717) is 10.0 Å². The number of halogens is 1. The second-order valence-electron chi connectivity index (χ2n) is 4.73. The van der Waals surface area contributed by atoms with E-state index < -0.39 is 11.8 Å². The SMILES string of the molecule is CC(C)(C)c1cc(Br)cc(C(=O)C(=O)O)c1O. The zero-order valence-corrected chi connectivity index (χ0v) is 11.3. The molecule has 1 rings (SSSR count). The van der Waals surface area contributed by atoms with Gasteiger partial charge in [0.2, 0.25) is 0 Å². The fraction of sp³-hybridized carbons (Fsp3) is 0.333. The Bertz CT molecular complexity index is 486. The van der Waals surface area contributed by atoms with Crippen LogP contribution in [0.15, 0.2) is 16.6 Å². The summed E-state index contributed by atoms with van der Waals surface area (Å²) in [6.07, 6.45) is 0. The van der Waals surface area contributed by atoms with E-state index in [1.807, 2.05) is 20.8 Å². The van der Waals surface area contributed by atoms with Crippen molar-refractivity contribution in [1.29, 1.82) is 0 Å². The molecular weight excluding hydrogens is 288 g/mol. The summed E-state index contributed by atoms with van der Waals surface area (Å²) in [7, 11) is 0. The lowest BCUT2D eigenvalue weighted by atomic mass is 9.85. The molecule has 0 bridgehead atoms. The fourth-order valence-electron chi connectivity index (χ4n) is 1.46. The lowest BCUT2D eigenvalue weighted by Gasteiger charge is -2.21.